The molecule has 0 unspecified atom stereocenters. The van der Waals surface area contributed by atoms with E-state index >= 15 is 0 Å². The van der Waals surface area contributed by atoms with Crippen LogP contribution in [0.2, 0.25) is 5.02 Å². The molecule has 1 heterocycles. The van der Waals surface area contributed by atoms with Crippen molar-refractivity contribution in [3.8, 4) is 0 Å². The van der Waals surface area contributed by atoms with E-state index in [9.17, 15) is 13.6 Å². The van der Waals surface area contributed by atoms with Gasteiger partial charge < -0.3 is 4.74 Å². The molecule has 0 fully saturated rings. The Morgan fingerprint density at radius 1 is 1.22 bits per heavy atom. The zero-order valence-electron chi connectivity index (χ0n) is 11.7. The fraction of sp³-hybridized carbons (Fsp3) is 0.125. The fourth-order valence-corrected chi connectivity index (χ4v) is 2.43. The van der Waals surface area contributed by atoms with Crippen LogP contribution in [0.5, 0.6) is 0 Å². The number of carbonyl (C=O) groups excluding carboxylic acids is 1. The van der Waals surface area contributed by atoms with Gasteiger partial charge in [-0.2, -0.15) is 8.78 Å². The summed E-state index contributed by atoms with van der Waals surface area (Å²) in [6.07, 6.45) is 0. The molecule has 0 aliphatic heterocycles. The minimum atomic E-state index is -2.78. The van der Waals surface area contributed by atoms with Crippen LogP contribution in [0.4, 0.5) is 8.78 Å². The predicted octanol–water partition coefficient (Wildman–Crippen LogP) is 4.44. The van der Waals surface area contributed by atoms with E-state index in [0.717, 1.165) is 4.57 Å². The van der Waals surface area contributed by atoms with E-state index in [1.54, 1.807) is 30.3 Å². The van der Waals surface area contributed by atoms with Gasteiger partial charge in [0.15, 0.2) is 5.82 Å². The highest BCUT2D eigenvalue weighted by Crippen LogP contribution is 2.23. The van der Waals surface area contributed by atoms with Crippen LogP contribution < -0.4 is 0 Å². The summed E-state index contributed by atoms with van der Waals surface area (Å²) >= 11 is 5.80. The van der Waals surface area contributed by atoms with Gasteiger partial charge in [-0.05, 0) is 30.3 Å². The number of nitrogens with zero attached hydrogens (tertiary/aromatic N) is 2. The van der Waals surface area contributed by atoms with Crippen molar-refractivity contribution in [3.05, 3.63) is 64.9 Å². The van der Waals surface area contributed by atoms with Crippen molar-refractivity contribution in [2.24, 2.45) is 0 Å². The lowest BCUT2D eigenvalue weighted by Crippen LogP contribution is -2.10. The van der Waals surface area contributed by atoms with E-state index in [1.807, 2.05) is 0 Å². The highest BCUT2D eigenvalue weighted by Gasteiger charge is 2.19. The van der Waals surface area contributed by atoms with Gasteiger partial charge in [-0.3, -0.25) is 4.57 Å². The number of halogens is 3. The number of esters is 1. The largest absolute Gasteiger partial charge is 0.454 e. The minimum Gasteiger partial charge on any atom is -0.454 e. The maximum Gasteiger partial charge on any atom is 0.338 e. The Balaban J connectivity index is 1.84. The molecule has 0 atom stereocenters. The quantitative estimate of drug-likeness (QED) is 0.661. The number of ether oxygens (including phenoxy) is 1. The van der Waals surface area contributed by atoms with Gasteiger partial charge in [0.05, 0.1) is 16.6 Å². The first kappa shape index (κ1) is 15.4. The smallest absolute Gasteiger partial charge is 0.338 e. The first-order chi connectivity index (χ1) is 11.1. The van der Waals surface area contributed by atoms with Gasteiger partial charge in [-0.1, -0.05) is 29.8 Å². The van der Waals surface area contributed by atoms with Crippen LogP contribution in [0.1, 0.15) is 22.7 Å². The summed E-state index contributed by atoms with van der Waals surface area (Å²) < 4.78 is 32.3. The number of hydrogen-bond acceptors (Lipinski definition) is 3. The standard InChI is InChI=1S/C16H11ClF2N2O2/c17-11-5-3-4-10(8-11)15(22)23-9-14-20-12-6-1-2-7-13(12)21(14)16(18)19/h1-8,16H,9H2. The van der Waals surface area contributed by atoms with E-state index in [2.05, 4.69) is 4.98 Å². The highest BCUT2D eigenvalue weighted by molar-refractivity contribution is 6.30. The Labute approximate surface area is 135 Å². The van der Waals surface area contributed by atoms with Crippen molar-refractivity contribution < 1.29 is 18.3 Å². The monoisotopic (exact) mass is 336 g/mol. The van der Waals surface area contributed by atoms with Gasteiger partial charge in [0, 0.05) is 5.02 Å². The second-order valence-electron chi connectivity index (χ2n) is 4.75. The van der Waals surface area contributed by atoms with Crippen molar-refractivity contribution in [2.75, 3.05) is 0 Å². The summed E-state index contributed by atoms with van der Waals surface area (Å²) in [7, 11) is 0. The Morgan fingerprint density at radius 3 is 2.74 bits per heavy atom. The molecule has 0 spiro atoms. The highest BCUT2D eigenvalue weighted by atomic mass is 35.5. The van der Waals surface area contributed by atoms with Crippen LogP contribution in [0.15, 0.2) is 48.5 Å². The Morgan fingerprint density at radius 2 is 2.00 bits per heavy atom. The minimum absolute atomic E-state index is 0.0171. The average Bonchev–Trinajstić information content (AvgIpc) is 2.91. The van der Waals surface area contributed by atoms with Crippen molar-refractivity contribution in [3.63, 3.8) is 0 Å². The van der Waals surface area contributed by atoms with E-state index in [4.69, 9.17) is 16.3 Å². The lowest BCUT2D eigenvalue weighted by Gasteiger charge is -2.08. The van der Waals surface area contributed by atoms with Crippen molar-refractivity contribution >= 4 is 28.6 Å². The SMILES string of the molecule is O=C(OCc1nc2ccccc2n1C(F)F)c1cccc(Cl)c1. The molecule has 0 N–H and O–H groups in total. The van der Waals surface area contributed by atoms with Crippen molar-refractivity contribution in [1.82, 2.24) is 9.55 Å². The molecular weight excluding hydrogens is 326 g/mol. The van der Waals surface area contributed by atoms with Crippen LogP contribution in [0, 0.1) is 0 Å². The maximum atomic E-state index is 13.3. The number of imidazole rings is 1. The number of alkyl halides is 2. The molecule has 7 heteroatoms. The summed E-state index contributed by atoms with van der Waals surface area (Å²) in [5.74, 6) is -0.669. The van der Waals surface area contributed by atoms with Crippen LogP contribution in [0.3, 0.4) is 0 Å². The van der Waals surface area contributed by atoms with Gasteiger partial charge in [-0.25, -0.2) is 9.78 Å². The second kappa shape index (κ2) is 6.34. The lowest BCUT2D eigenvalue weighted by atomic mass is 10.2. The van der Waals surface area contributed by atoms with Crippen molar-refractivity contribution in [2.45, 2.75) is 13.2 Å². The fourth-order valence-electron chi connectivity index (χ4n) is 2.24. The summed E-state index contributed by atoms with van der Waals surface area (Å²) in [5, 5.41) is 0.388. The number of hydrogen-bond donors (Lipinski definition) is 0. The summed E-state index contributed by atoms with van der Waals surface area (Å²) in [5.41, 5.74) is 0.954. The van der Waals surface area contributed by atoms with E-state index in [-0.39, 0.29) is 23.5 Å². The van der Waals surface area contributed by atoms with Crippen LogP contribution in [-0.2, 0) is 11.3 Å². The summed E-state index contributed by atoms with van der Waals surface area (Å²) in [6, 6.07) is 12.7. The third kappa shape index (κ3) is 3.17. The number of benzene rings is 2. The molecule has 0 saturated carbocycles. The van der Waals surface area contributed by atoms with Gasteiger partial charge in [0.2, 0.25) is 0 Å². The number of fused-ring (bicyclic) bond motifs is 1. The predicted molar refractivity (Wildman–Crippen MR) is 81.6 cm³/mol. The lowest BCUT2D eigenvalue weighted by molar-refractivity contribution is 0.0387. The van der Waals surface area contributed by atoms with Crippen molar-refractivity contribution in [1.29, 1.82) is 0 Å². The normalized spacial score (nSPS) is 11.1. The van der Waals surface area contributed by atoms with Crippen LogP contribution in [-0.4, -0.2) is 15.5 Å². The second-order valence-corrected chi connectivity index (χ2v) is 5.19. The Hall–Kier alpha value is -2.47. The summed E-state index contributed by atoms with van der Waals surface area (Å²) in [6.45, 7) is -3.13. The molecule has 0 radical (unpaired) electrons. The maximum absolute atomic E-state index is 13.3. The topological polar surface area (TPSA) is 44.1 Å². The first-order valence-electron chi connectivity index (χ1n) is 6.73. The third-order valence-electron chi connectivity index (χ3n) is 3.26. The molecule has 3 aromatic rings. The molecule has 23 heavy (non-hydrogen) atoms. The Kier molecular flexibility index (Phi) is 4.25. The van der Waals surface area contributed by atoms with Crippen LogP contribution in [0.25, 0.3) is 11.0 Å². The molecule has 0 aliphatic carbocycles. The molecule has 4 nitrogen and oxygen atoms in total. The summed E-state index contributed by atoms with van der Waals surface area (Å²) in [4.78, 5) is 16.1. The average molecular weight is 337 g/mol. The molecule has 0 saturated heterocycles. The van der Waals surface area contributed by atoms with Gasteiger partial charge in [-0.15, -0.1) is 0 Å². The van der Waals surface area contributed by atoms with Gasteiger partial charge in [0.1, 0.15) is 6.61 Å². The first-order valence-corrected chi connectivity index (χ1v) is 7.11. The van der Waals surface area contributed by atoms with Crippen LogP contribution >= 0.6 is 11.6 Å². The van der Waals surface area contributed by atoms with Gasteiger partial charge in [0.25, 0.3) is 0 Å². The number of para-hydroxylation sites is 2. The molecule has 1 aromatic heterocycles. The molecule has 2 aromatic carbocycles. The molecular formula is C16H11ClF2N2O2. The molecule has 0 amide bonds. The van der Waals surface area contributed by atoms with Gasteiger partial charge >= 0.3 is 12.5 Å². The molecule has 3 rings (SSSR count). The third-order valence-corrected chi connectivity index (χ3v) is 3.49. The molecule has 118 valence electrons. The molecule has 0 aliphatic rings. The zero-order chi connectivity index (χ0) is 16.4. The number of carbonyl (C=O) groups is 1. The number of aromatic nitrogens is 2. The zero-order valence-corrected chi connectivity index (χ0v) is 12.5. The van der Waals surface area contributed by atoms with E-state index < -0.39 is 12.5 Å². The molecule has 0 bridgehead atoms. The number of rotatable bonds is 4. The van der Waals surface area contributed by atoms with E-state index in [1.165, 1.54) is 18.2 Å². The Bertz CT molecular complexity index is 864. The van der Waals surface area contributed by atoms with E-state index in [0.29, 0.717) is 10.5 Å².